The molecule has 1 aromatic rings. The fourth-order valence-electron chi connectivity index (χ4n) is 2.44. The third kappa shape index (κ3) is 7.03. The highest BCUT2D eigenvalue weighted by molar-refractivity contribution is 14.0. The Labute approximate surface area is 166 Å². The normalized spacial score (nSPS) is 18.6. The summed E-state index contributed by atoms with van der Waals surface area (Å²) >= 11 is 6.14. The van der Waals surface area contributed by atoms with Gasteiger partial charge >= 0.3 is 0 Å². The smallest absolute Gasteiger partial charge is 0.191 e. The summed E-state index contributed by atoms with van der Waals surface area (Å²) < 4.78 is 11.6. The van der Waals surface area contributed by atoms with E-state index < -0.39 is 0 Å². The topological polar surface area (TPSA) is 54.9 Å². The fraction of sp³-hybridized carbons (Fsp3) is 0.588. The van der Waals surface area contributed by atoms with Crippen LogP contribution in [-0.4, -0.2) is 44.9 Å². The van der Waals surface area contributed by atoms with Crippen LogP contribution in [0.25, 0.3) is 0 Å². The molecular weight excluding hydrogens is 441 g/mol. The molecule has 1 fully saturated rings. The van der Waals surface area contributed by atoms with Crippen LogP contribution in [0.2, 0.25) is 5.02 Å². The highest BCUT2D eigenvalue weighted by Gasteiger charge is 2.16. The van der Waals surface area contributed by atoms with Crippen molar-refractivity contribution in [2.75, 3.05) is 26.7 Å². The minimum absolute atomic E-state index is 0. The molecule has 1 aliphatic heterocycles. The van der Waals surface area contributed by atoms with E-state index >= 15 is 0 Å². The third-order valence-corrected chi connectivity index (χ3v) is 4.14. The predicted octanol–water partition coefficient (Wildman–Crippen LogP) is 3.46. The molecule has 0 saturated carbocycles. The summed E-state index contributed by atoms with van der Waals surface area (Å²) in [6.07, 6.45) is 3.44. The van der Waals surface area contributed by atoms with Gasteiger partial charge in [-0.05, 0) is 31.4 Å². The maximum Gasteiger partial charge on any atom is 0.191 e. The van der Waals surface area contributed by atoms with Gasteiger partial charge in [0, 0.05) is 20.2 Å². The van der Waals surface area contributed by atoms with E-state index in [0.29, 0.717) is 17.3 Å². The molecule has 0 spiro atoms. The molecule has 2 unspecified atom stereocenters. The van der Waals surface area contributed by atoms with Gasteiger partial charge in [0.25, 0.3) is 0 Å². The summed E-state index contributed by atoms with van der Waals surface area (Å²) in [5.41, 5.74) is 0. The molecule has 1 aromatic carbocycles. The maximum atomic E-state index is 6.14. The van der Waals surface area contributed by atoms with Gasteiger partial charge in [-0.25, -0.2) is 0 Å². The minimum Gasteiger partial charge on any atom is -0.487 e. The lowest BCUT2D eigenvalue weighted by atomic mass is 10.2. The SMILES string of the molecule is CCC(CNC(=NC)NCC1CCCO1)Oc1ccccc1Cl.I. The Hall–Kier alpha value is -0.730. The van der Waals surface area contributed by atoms with Gasteiger partial charge in [0.15, 0.2) is 5.96 Å². The number of hydrogen-bond donors (Lipinski definition) is 2. The number of rotatable bonds is 7. The Bertz CT molecular complexity index is 510. The number of halogens is 2. The zero-order valence-electron chi connectivity index (χ0n) is 14.3. The summed E-state index contributed by atoms with van der Waals surface area (Å²) in [7, 11) is 1.76. The van der Waals surface area contributed by atoms with E-state index in [2.05, 4.69) is 22.5 Å². The van der Waals surface area contributed by atoms with E-state index in [1.807, 2.05) is 24.3 Å². The van der Waals surface area contributed by atoms with Crippen LogP contribution in [-0.2, 0) is 4.74 Å². The van der Waals surface area contributed by atoms with Gasteiger partial charge in [0.2, 0.25) is 0 Å². The second-order valence-corrected chi connectivity index (χ2v) is 5.95. The van der Waals surface area contributed by atoms with E-state index in [1.54, 1.807) is 7.05 Å². The van der Waals surface area contributed by atoms with Crippen LogP contribution in [0.5, 0.6) is 5.75 Å². The zero-order chi connectivity index (χ0) is 16.5. The van der Waals surface area contributed by atoms with Gasteiger partial charge in [-0.1, -0.05) is 30.7 Å². The Balaban J connectivity index is 0.00000288. The molecule has 0 amide bonds. The van der Waals surface area contributed by atoms with Crippen molar-refractivity contribution in [1.29, 1.82) is 0 Å². The van der Waals surface area contributed by atoms with Gasteiger partial charge in [-0.3, -0.25) is 4.99 Å². The van der Waals surface area contributed by atoms with Crippen molar-refractivity contribution < 1.29 is 9.47 Å². The van der Waals surface area contributed by atoms with E-state index in [0.717, 1.165) is 38.4 Å². The number of para-hydroxylation sites is 1. The van der Waals surface area contributed by atoms with Crippen molar-refractivity contribution in [1.82, 2.24) is 10.6 Å². The molecule has 2 rings (SSSR count). The molecule has 1 aliphatic rings. The lowest BCUT2D eigenvalue weighted by Gasteiger charge is -2.21. The summed E-state index contributed by atoms with van der Waals surface area (Å²) in [5, 5.41) is 7.23. The van der Waals surface area contributed by atoms with Crippen LogP contribution < -0.4 is 15.4 Å². The fourth-order valence-corrected chi connectivity index (χ4v) is 2.62. The van der Waals surface area contributed by atoms with E-state index in [9.17, 15) is 0 Å². The number of guanidine groups is 1. The average Bonchev–Trinajstić information content (AvgIpc) is 3.09. The first-order valence-electron chi connectivity index (χ1n) is 8.20. The van der Waals surface area contributed by atoms with Crippen LogP contribution in [0.4, 0.5) is 0 Å². The lowest BCUT2D eigenvalue weighted by Crippen LogP contribution is -2.44. The number of hydrogen-bond acceptors (Lipinski definition) is 3. The van der Waals surface area contributed by atoms with Crippen molar-refractivity contribution in [2.24, 2.45) is 4.99 Å². The summed E-state index contributed by atoms with van der Waals surface area (Å²) in [4.78, 5) is 4.24. The molecule has 2 N–H and O–H groups in total. The van der Waals surface area contributed by atoms with E-state index in [1.165, 1.54) is 0 Å². The van der Waals surface area contributed by atoms with Crippen LogP contribution >= 0.6 is 35.6 Å². The molecule has 0 aromatic heterocycles. The van der Waals surface area contributed by atoms with Crippen LogP contribution in [0.15, 0.2) is 29.3 Å². The molecule has 0 radical (unpaired) electrons. The molecule has 1 heterocycles. The zero-order valence-corrected chi connectivity index (χ0v) is 17.3. The van der Waals surface area contributed by atoms with Gasteiger partial charge in [0.05, 0.1) is 17.7 Å². The summed E-state index contributed by atoms with van der Waals surface area (Å²) in [5.74, 6) is 1.48. The van der Waals surface area contributed by atoms with Crippen LogP contribution in [0.1, 0.15) is 26.2 Å². The average molecular weight is 468 g/mol. The van der Waals surface area contributed by atoms with Crippen molar-refractivity contribution in [3.05, 3.63) is 29.3 Å². The van der Waals surface area contributed by atoms with Crippen molar-refractivity contribution in [3.63, 3.8) is 0 Å². The van der Waals surface area contributed by atoms with Gasteiger partial charge < -0.3 is 20.1 Å². The first kappa shape index (κ1) is 21.3. The molecular formula is C17H27ClIN3O2. The van der Waals surface area contributed by atoms with E-state index in [-0.39, 0.29) is 36.2 Å². The first-order chi connectivity index (χ1) is 11.2. The monoisotopic (exact) mass is 467 g/mol. The third-order valence-electron chi connectivity index (χ3n) is 3.83. The second kappa shape index (κ2) is 11.8. The molecule has 136 valence electrons. The second-order valence-electron chi connectivity index (χ2n) is 5.55. The molecule has 0 bridgehead atoms. The first-order valence-corrected chi connectivity index (χ1v) is 8.58. The Kier molecular flexibility index (Phi) is 10.4. The predicted molar refractivity (Wildman–Crippen MR) is 110 cm³/mol. The number of ether oxygens (including phenoxy) is 2. The molecule has 24 heavy (non-hydrogen) atoms. The standard InChI is InChI=1S/C17H26ClN3O2.HI/c1-3-13(23-16-9-5-4-8-15(16)18)11-20-17(19-2)21-12-14-7-6-10-22-14;/h4-5,8-9,13-14H,3,6-7,10-12H2,1-2H3,(H2,19,20,21);1H. The van der Waals surface area contributed by atoms with Gasteiger partial charge in [-0.2, -0.15) is 0 Å². The summed E-state index contributed by atoms with van der Waals surface area (Å²) in [6, 6.07) is 7.53. The molecule has 2 atom stereocenters. The van der Waals surface area contributed by atoms with Crippen LogP contribution in [0.3, 0.4) is 0 Å². The number of nitrogens with one attached hydrogen (secondary N) is 2. The van der Waals surface area contributed by atoms with Gasteiger partial charge in [0.1, 0.15) is 11.9 Å². The van der Waals surface area contributed by atoms with Crippen molar-refractivity contribution >= 4 is 41.5 Å². The number of benzene rings is 1. The number of aliphatic imine (C=N–C) groups is 1. The molecule has 5 nitrogen and oxygen atoms in total. The molecule has 7 heteroatoms. The summed E-state index contributed by atoms with van der Waals surface area (Å²) in [6.45, 7) is 4.39. The largest absolute Gasteiger partial charge is 0.487 e. The molecule has 1 saturated heterocycles. The number of nitrogens with zero attached hydrogens (tertiary/aromatic N) is 1. The molecule has 0 aliphatic carbocycles. The highest BCUT2D eigenvalue weighted by atomic mass is 127. The maximum absolute atomic E-state index is 6.14. The Morgan fingerprint density at radius 1 is 1.42 bits per heavy atom. The van der Waals surface area contributed by atoms with Crippen molar-refractivity contribution in [2.45, 2.75) is 38.4 Å². The quantitative estimate of drug-likeness (QED) is 0.366. The van der Waals surface area contributed by atoms with Crippen LogP contribution in [0, 0.1) is 0 Å². The Morgan fingerprint density at radius 2 is 2.21 bits per heavy atom. The van der Waals surface area contributed by atoms with Crippen molar-refractivity contribution in [3.8, 4) is 5.75 Å². The van der Waals surface area contributed by atoms with Gasteiger partial charge in [-0.15, -0.1) is 24.0 Å². The highest BCUT2D eigenvalue weighted by Crippen LogP contribution is 2.24. The minimum atomic E-state index is 0. The Morgan fingerprint density at radius 3 is 2.83 bits per heavy atom. The lowest BCUT2D eigenvalue weighted by molar-refractivity contribution is 0.113. The van der Waals surface area contributed by atoms with E-state index in [4.69, 9.17) is 21.1 Å².